The van der Waals surface area contributed by atoms with Gasteiger partial charge in [-0.15, -0.1) is 0 Å². The lowest BCUT2D eigenvalue weighted by Crippen LogP contribution is -2.58. The summed E-state index contributed by atoms with van der Waals surface area (Å²) in [5, 5.41) is 12.5. The number of aliphatic carboxylic acids is 1. The van der Waals surface area contributed by atoms with Crippen molar-refractivity contribution in [3.63, 3.8) is 0 Å². The Labute approximate surface area is 140 Å². The third-order valence-electron chi connectivity index (χ3n) is 4.15. The van der Waals surface area contributed by atoms with E-state index < -0.39 is 34.0 Å². The average molecular weight is 359 g/mol. The van der Waals surface area contributed by atoms with Crippen LogP contribution in [0.5, 0.6) is 0 Å². The van der Waals surface area contributed by atoms with Gasteiger partial charge >= 0.3 is 5.97 Å². The number of carboxylic acids is 1. The van der Waals surface area contributed by atoms with Crippen LogP contribution in [0, 0.1) is 13.8 Å². The summed E-state index contributed by atoms with van der Waals surface area (Å²) in [6.45, 7) is 2.49. The first-order chi connectivity index (χ1) is 11.1. The van der Waals surface area contributed by atoms with Gasteiger partial charge in [0.25, 0.3) is 0 Å². The number of amides is 1. The molecule has 0 radical (unpaired) electrons. The second kappa shape index (κ2) is 6.52. The molecule has 1 aromatic rings. The minimum absolute atomic E-state index is 0.0811. The summed E-state index contributed by atoms with van der Waals surface area (Å²) < 4.78 is 32.9. The zero-order valence-electron chi connectivity index (χ0n) is 13.8. The van der Waals surface area contributed by atoms with Gasteiger partial charge in [0.1, 0.15) is 22.7 Å². The molecule has 1 saturated carbocycles. The van der Waals surface area contributed by atoms with E-state index in [2.05, 4.69) is 9.88 Å². The summed E-state index contributed by atoms with van der Waals surface area (Å²) in [5.41, 5.74) is -1.13. The van der Waals surface area contributed by atoms with Gasteiger partial charge in [-0.1, -0.05) is 18.0 Å². The standard InChI is InChI=1S/C14H21N3O6S/c1-9-12(10(2)23-15-9)24(21,22)16-14(6-4-5-7-14)13(20)17(3)8-11(18)19/h16H,4-8H2,1-3H3,(H,18,19). The number of hydrogen-bond acceptors (Lipinski definition) is 6. The van der Waals surface area contributed by atoms with Crippen molar-refractivity contribution in [3.8, 4) is 0 Å². The monoisotopic (exact) mass is 359 g/mol. The molecule has 134 valence electrons. The second-order valence-electron chi connectivity index (χ2n) is 6.10. The first-order valence-electron chi connectivity index (χ1n) is 7.53. The highest BCUT2D eigenvalue weighted by Gasteiger charge is 2.47. The van der Waals surface area contributed by atoms with Gasteiger partial charge in [0.15, 0.2) is 5.76 Å². The minimum Gasteiger partial charge on any atom is -0.480 e. The molecule has 0 unspecified atom stereocenters. The lowest BCUT2D eigenvalue weighted by atomic mass is 9.97. The van der Waals surface area contributed by atoms with Crippen molar-refractivity contribution in [2.45, 2.75) is 50.0 Å². The van der Waals surface area contributed by atoms with Crippen molar-refractivity contribution >= 4 is 21.9 Å². The van der Waals surface area contributed by atoms with Gasteiger partial charge in [-0.2, -0.15) is 4.72 Å². The third kappa shape index (κ3) is 3.44. The number of sulfonamides is 1. The molecule has 0 aromatic carbocycles. The van der Waals surface area contributed by atoms with Crippen LogP contribution >= 0.6 is 0 Å². The van der Waals surface area contributed by atoms with Crippen molar-refractivity contribution in [2.75, 3.05) is 13.6 Å². The van der Waals surface area contributed by atoms with Crippen molar-refractivity contribution < 1.29 is 27.6 Å². The fourth-order valence-corrected chi connectivity index (χ4v) is 4.89. The molecule has 0 saturated heterocycles. The molecule has 2 N–H and O–H groups in total. The first-order valence-corrected chi connectivity index (χ1v) is 9.01. The van der Waals surface area contributed by atoms with Crippen LogP contribution in [-0.4, -0.2) is 54.6 Å². The summed E-state index contributed by atoms with van der Waals surface area (Å²) in [6.07, 6.45) is 1.99. The zero-order valence-corrected chi connectivity index (χ0v) is 14.6. The lowest BCUT2D eigenvalue weighted by molar-refractivity contribution is -0.146. The average Bonchev–Trinajstić information content (AvgIpc) is 3.04. The van der Waals surface area contributed by atoms with Crippen molar-refractivity contribution in [2.24, 2.45) is 0 Å². The van der Waals surface area contributed by atoms with E-state index in [4.69, 9.17) is 9.63 Å². The zero-order chi connectivity index (χ0) is 18.1. The van der Waals surface area contributed by atoms with Crippen molar-refractivity contribution in [3.05, 3.63) is 11.5 Å². The van der Waals surface area contributed by atoms with Crippen LogP contribution in [0.15, 0.2) is 9.42 Å². The molecule has 9 nitrogen and oxygen atoms in total. The Hall–Kier alpha value is -1.94. The molecule has 1 heterocycles. The van der Waals surface area contributed by atoms with Gasteiger partial charge < -0.3 is 14.5 Å². The molecule has 0 spiro atoms. The predicted octanol–water partition coefficient (Wildman–Crippen LogP) is 0.426. The smallest absolute Gasteiger partial charge is 0.323 e. The molecule has 0 bridgehead atoms. The number of nitrogens with one attached hydrogen (secondary N) is 1. The fourth-order valence-electron chi connectivity index (χ4n) is 3.14. The molecule has 10 heteroatoms. The normalized spacial score (nSPS) is 17.0. The SMILES string of the molecule is Cc1noc(C)c1S(=O)(=O)NC1(C(=O)N(C)CC(=O)O)CCCC1. The predicted molar refractivity (Wildman–Crippen MR) is 82.8 cm³/mol. The van der Waals surface area contributed by atoms with Crippen LogP contribution in [0.4, 0.5) is 0 Å². The van der Waals surface area contributed by atoms with Crippen LogP contribution in [0.2, 0.25) is 0 Å². The van der Waals surface area contributed by atoms with Crippen LogP contribution in [0.3, 0.4) is 0 Å². The van der Waals surface area contributed by atoms with Crippen LogP contribution in [0.25, 0.3) is 0 Å². The van der Waals surface area contributed by atoms with Gasteiger partial charge in [-0.3, -0.25) is 9.59 Å². The molecular weight excluding hydrogens is 338 g/mol. The van der Waals surface area contributed by atoms with Gasteiger partial charge in [-0.25, -0.2) is 8.42 Å². The minimum atomic E-state index is -4.03. The molecule has 0 aliphatic heterocycles. The van der Waals surface area contributed by atoms with Crippen LogP contribution in [-0.2, 0) is 19.6 Å². The highest BCUT2D eigenvalue weighted by molar-refractivity contribution is 7.89. The number of hydrogen-bond donors (Lipinski definition) is 2. The van der Waals surface area contributed by atoms with E-state index in [9.17, 15) is 18.0 Å². The highest BCUT2D eigenvalue weighted by atomic mass is 32.2. The molecule has 1 aliphatic carbocycles. The number of likely N-dealkylation sites (N-methyl/N-ethyl adjacent to an activating group) is 1. The molecule has 1 aromatic heterocycles. The molecule has 24 heavy (non-hydrogen) atoms. The second-order valence-corrected chi connectivity index (χ2v) is 7.72. The molecule has 1 aliphatic rings. The summed E-state index contributed by atoms with van der Waals surface area (Å²) in [4.78, 5) is 24.5. The maximum absolute atomic E-state index is 12.7. The lowest BCUT2D eigenvalue weighted by Gasteiger charge is -2.32. The topological polar surface area (TPSA) is 130 Å². The number of rotatable bonds is 6. The summed E-state index contributed by atoms with van der Waals surface area (Å²) in [6, 6.07) is 0. The van der Waals surface area contributed by atoms with Crippen LogP contribution < -0.4 is 4.72 Å². The largest absolute Gasteiger partial charge is 0.480 e. The van der Waals surface area contributed by atoms with E-state index in [1.807, 2.05) is 0 Å². The number of carboxylic acid groups (broad SMARTS) is 1. The van der Waals surface area contributed by atoms with Gasteiger partial charge in [0, 0.05) is 7.05 Å². The summed E-state index contributed by atoms with van der Waals surface area (Å²) in [7, 11) is -2.68. The first kappa shape index (κ1) is 18.4. The number of carbonyl (C=O) groups excluding carboxylic acids is 1. The maximum atomic E-state index is 12.7. The van der Waals surface area contributed by atoms with Gasteiger partial charge in [-0.05, 0) is 26.7 Å². The molecule has 2 rings (SSSR count). The quantitative estimate of drug-likeness (QED) is 0.753. The Morgan fingerprint density at radius 1 is 1.33 bits per heavy atom. The van der Waals surface area contributed by atoms with Gasteiger partial charge in [0.2, 0.25) is 15.9 Å². The number of aryl methyl sites for hydroxylation is 2. The molecular formula is C14H21N3O6S. The highest BCUT2D eigenvalue weighted by Crippen LogP contribution is 2.33. The van der Waals surface area contributed by atoms with Crippen LogP contribution in [0.1, 0.15) is 37.1 Å². The summed E-state index contributed by atoms with van der Waals surface area (Å²) in [5.74, 6) is -1.57. The van der Waals surface area contributed by atoms with Crippen molar-refractivity contribution in [1.29, 1.82) is 0 Å². The Balaban J connectivity index is 2.35. The van der Waals surface area contributed by atoms with E-state index in [1.165, 1.54) is 20.9 Å². The maximum Gasteiger partial charge on any atom is 0.323 e. The Bertz CT molecular complexity index is 729. The number of carbonyl (C=O) groups is 2. The van der Waals surface area contributed by atoms with E-state index in [0.29, 0.717) is 25.7 Å². The van der Waals surface area contributed by atoms with Crippen molar-refractivity contribution in [1.82, 2.24) is 14.8 Å². The number of aromatic nitrogens is 1. The molecule has 0 atom stereocenters. The third-order valence-corrected chi connectivity index (χ3v) is 5.93. The van der Waals surface area contributed by atoms with E-state index >= 15 is 0 Å². The van der Waals surface area contributed by atoms with E-state index in [-0.39, 0.29) is 16.3 Å². The Morgan fingerprint density at radius 3 is 2.38 bits per heavy atom. The van der Waals surface area contributed by atoms with E-state index in [1.54, 1.807) is 0 Å². The Kier molecular flexibility index (Phi) is 5.00. The van der Waals surface area contributed by atoms with Gasteiger partial charge in [0.05, 0.1) is 0 Å². The summed E-state index contributed by atoms with van der Waals surface area (Å²) >= 11 is 0. The molecule has 1 fully saturated rings. The fraction of sp³-hybridized carbons (Fsp3) is 0.643. The Morgan fingerprint density at radius 2 is 1.92 bits per heavy atom. The molecule has 1 amide bonds. The van der Waals surface area contributed by atoms with E-state index in [0.717, 1.165) is 4.90 Å². The number of nitrogens with zero attached hydrogens (tertiary/aromatic N) is 2.